The van der Waals surface area contributed by atoms with E-state index >= 15 is 0 Å². The minimum atomic E-state index is -0.00167. The lowest BCUT2D eigenvalue weighted by molar-refractivity contribution is -0.0585. The van der Waals surface area contributed by atoms with Crippen LogP contribution in [0.25, 0.3) is 0 Å². The number of nitrogen functional groups attached to an aromatic ring is 1. The van der Waals surface area contributed by atoms with Gasteiger partial charge in [-0.15, -0.1) is 0 Å². The highest BCUT2D eigenvalue weighted by atomic mass is 16.5. The zero-order valence-electron chi connectivity index (χ0n) is 11.1. The van der Waals surface area contributed by atoms with E-state index in [-0.39, 0.29) is 18.1 Å². The van der Waals surface area contributed by atoms with Gasteiger partial charge < -0.3 is 15.4 Å². The van der Waals surface area contributed by atoms with E-state index in [9.17, 15) is 4.79 Å². The van der Waals surface area contributed by atoms with Gasteiger partial charge in [-0.3, -0.25) is 4.79 Å². The van der Waals surface area contributed by atoms with Crippen LogP contribution in [0.4, 0.5) is 5.69 Å². The van der Waals surface area contributed by atoms with E-state index in [2.05, 4.69) is 0 Å². The second-order valence-corrected chi connectivity index (χ2v) is 5.00. The Kier molecular flexibility index (Phi) is 3.57. The smallest absolute Gasteiger partial charge is 0.256 e. The average molecular weight is 248 g/mol. The first kappa shape index (κ1) is 12.9. The molecule has 1 aliphatic heterocycles. The molecule has 18 heavy (non-hydrogen) atoms. The Bertz CT molecular complexity index is 449. The van der Waals surface area contributed by atoms with Gasteiger partial charge in [-0.1, -0.05) is 12.1 Å². The van der Waals surface area contributed by atoms with Crippen molar-refractivity contribution >= 4 is 11.6 Å². The molecule has 1 aliphatic rings. The van der Waals surface area contributed by atoms with E-state index in [1.165, 1.54) is 0 Å². The molecule has 0 aliphatic carbocycles. The zero-order valence-corrected chi connectivity index (χ0v) is 11.1. The van der Waals surface area contributed by atoms with Gasteiger partial charge >= 0.3 is 0 Å². The molecule has 0 aromatic heterocycles. The topological polar surface area (TPSA) is 55.6 Å². The maximum atomic E-state index is 12.5. The summed E-state index contributed by atoms with van der Waals surface area (Å²) in [4.78, 5) is 14.3. The maximum Gasteiger partial charge on any atom is 0.256 e. The van der Waals surface area contributed by atoms with Crippen LogP contribution in [-0.2, 0) is 4.74 Å². The summed E-state index contributed by atoms with van der Waals surface area (Å²) in [5.41, 5.74) is 8.09. The second-order valence-electron chi connectivity index (χ2n) is 5.00. The van der Waals surface area contributed by atoms with E-state index in [4.69, 9.17) is 10.5 Å². The number of nitrogens with zero attached hydrogens (tertiary/aromatic N) is 1. The van der Waals surface area contributed by atoms with E-state index in [1.54, 1.807) is 6.07 Å². The predicted octanol–water partition coefficient (Wildman–Crippen LogP) is 1.83. The van der Waals surface area contributed by atoms with Gasteiger partial charge in [0.2, 0.25) is 0 Å². The summed E-state index contributed by atoms with van der Waals surface area (Å²) in [6, 6.07) is 5.57. The SMILES string of the molecule is Cc1cccc(C(=O)N2CC(C)OC(C)C2)c1N. The molecule has 1 amide bonds. The molecule has 4 heteroatoms. The first-order valence-corrected chi connectivity index (χ1v) is 6.29. The molecule has 1 aromatic rings. The van der Waals surface area contributed by atoms with Gasteiger partial charge in [0, 0.05) is 18.8 Å². The van der Waals surface area contributed by atoms with Crippen LogP contribution in [0.15, 0.2) is 18.2 Å². The van der Waals surface area contributed by atoms with Gasteiger partial charge in [0.1, 0.15) is 0 Å². The summed E-state index contributed by atoms with van der Waals surface area (Å²) >= 11 is 0. The van der Waals surface area contributed by atoms with E-state index in [0.717, 1.165) is 5.56 Å². The summed E-state index contributed by atoms with van der Waals surface area (Å²) < 4.78 is 5.63. The molecular weight excluding hydrogens is 228 g/mol. The Labute approximate surface area is 108 Å². The number of nitrogens with two attached hydrogens (primary N) is 1. The van der Waals surface area contributed by atoms with Crippen molar-refractivity contribution in [2.45, 2.75) is 33.0 Å². The maximum absolute atomic E-state index is 12.5. The number of hydrogen-bond donors (Lipinski definition) is 1. The molecule has 2 unspecified atom stereocenters. The number of benzene rings is 1. The minimum absolute atomic E-state index is 0.00167. The van der Waals surface area contributed by atoms with Crippen LogP contribution in [0.5, 0.6) is 0 Å². The molecule has 0 spiro atoms. The van der Waals surface area contributed by atoms with Gasteiger partial charge in [0.05, 0.1) is 17.8 Å². The van der Waals surface area contributed by atoms with Crippen molar-refractivity contribution in [1.82, 2.24) is 4.90 Å². The number of amides is 1. The fourth-order valence-electron chi connectivity index (χ4n) is 2.38. The Morgan fingerprint density at radius 1 is 1.33 bits per heavy atom. The highest BCUT2D eigenvalue weighted by molar-refractivity contribution is 5.99. The third kappa shape index (κ3) is 2.48. The Balaban J connectivity index is 2.23. The fourth-order valence-corrected chi connectivity index (χ4v) is 2.38. The normalized spacial score (nSPS) is 24.1. The van der Waals surface area contributed by atoms with Crippen molar-refractivity contribution in [3.8, 4) is 0 Å². The van der Waals surface area contributed by atoms with Crippen LogP contribution < -0.4 is 5.73 Å². The first-order chi connectivity index (χ1) is 8.49. The number of para-hydroxylation sites is 1. The molecular formula is C14H20N2O2. The highest BCUT2D eigenvalue weighted by Crippen LogP contribution is 2.20. The van der Waals surface area contributed by atoms with Crippen molar-refractivity contribution in [3.05, 3.63) is 29.3 Å². The summed E-state index contributed by atoms with van der Waals surface area (Å²) in [7, 11) is 0. The quantitative estimate of drug-likeness (QED) is 0.771. The summed E-state index contributed by atoms with van der Waals surface area (Å²) in [6.45, 7) is 7.12. The summed E-state index contributed by atoms with van der Waals surface area (Å²) in [5, 5.41) is 0. The number of aryl methyl sites for hydroxylation is 1. The van der Waals surface area contributed by atoms with Crippen LogP contribution in [0.2, 0.25) is 0 Å². The second kappa shape index (κ2) is 4.98. The number of carbonyl (C=O) groups excluding carboxylic acids is 1. The van der Waals surface area contributed by atoms with Crippen molar-refractivity contribution in [1.29, 1.82) is 0 Å². The van der Waals surface area contributed by atoms with Crippen LogP contribution in [0.3, 0.4) is 0 Å². The number of hydrogen-bond acceptors (Lipinski definition) is 3. The lowest BCUT2D eigenvalue weighted by atomic mass is 10.1. The number of morpholine rings is 1. The number of anilines is 1. The lowest BCUT2D eigenvalue weighted by Gasteiger charge is -2.35. The van der Waals surface area contributed by atoms with Crippen LogP contribution in [-0.4, -0.2) is 36.1 Å². The van der Waals surface area contributed by atoms with Gasteiger partial charge in [0.25, 0.3) is 5.91 Å². The highest BCUT2D eigenvalue weighted by Gasteiger charge is 2.27. The number of ether oxygens (including phenoxy) is 1. The van der Waals surface area contributed by atoms with Gasteiger partial charge in [-0.2, -0.15) is 0 Å². The zero-order chi connectivity index (χ0) is 13.3. The molecule has 0 radical (unpaired) electrons. The summed E-state index contributed by atoms with van der Waals surface area (Å²) in [6.07, 6.45) is 0.146. The lowest BCUT2D eigenvalue weighted by Crippen LogP contribution is -2.48. The molecule has 2 N–H and O–H groups in total. The molecule has 1 saturated heterocycles. The molecule has 2 rings (SSSR count). The van der Waals surface area contributed by atoms with E-state index in [0.29, 0.717) is 24.3 Å². The Hall–Kier alpha value is -1.55. The van der Waals surface area contributed by atoms with E-state index in [1.807, 2.05) is 37.8 Å². The molecule has 0 saturated carbocycles. The van der Waals surface area contributed by atoms with Crippen LogP contribution in [0.1, 0.15) is 29.8 Å². The largest absolute Gasteiger partial charge is 0.398 e. The molecule has 2 atom stereocenters. The Morgan fingerprint density at radius 3 is 2.56 bits per heavy atom. The van der Waals surface area contributed by atoms with Gasteiger partial charge in [0.15, 0.2) is 0 Å². The van der Waals surface area contributed by atoms with Crippen molar-refractivity contribution in [3.63, 3.8) is 0 Å². The molecule has 4 nitrogen and oxygen atoms in total. The van der Waals surface area contributed by atoms with Crippen molar-refractivity contribution < 1.29 is 9.53 Å². The predicted molar refractivity (Wildman–Crippen MR) is 71.5 cm³/mol. The average Bonchev–Trinajstić information content (AvgIpc) is 2.30. The third-order valence-corrected chi connectivity index (χ3v) is 3.26. The standard InChI is InChI=1S/C14H20N2O2/c1-9-5-4-6-12(13(9)15)14(17)16-7-10(2)18-11(3)8-16/h4-6,10-11H,7-8,15H2,1-3H3. The van der Waals surface area contributed by atoms with E-state index < -0.39 is 0 Å². The van der Waals surface area contributed by atoms with Gasteiger partial charge in [-0.25, -0.2) is 0 Å². The van der Waals surface area contributed by atoms with Crippen LogP contribution in [0, 0.1) is 6.92 Å². The number of rotatable bonds is 1. The monoisotopic (exact) mass is 248 g/mol. The third-order valence-electron chi connectivity index (χ3n) is 3.26. The fraction of sp³-hybridized carbons (Fsp3) is 0.500. The molecule has 1 aromatic carbocycles. The molecule has 0 bridgehead atoms. The first-order valence-electron chi connectivity index (χ1n) is 6.29. The van der Waals surface area contributed by atoms with Gasteiger partial charge in [-0.05, 0) is 32.4 Å². The number of carbonyl (C=O) groups is 1. The summed E-state index contributed by atoms with van der Waals surface area (Å²) in [5.74, 6) is -0.00167. The minimum Gasteiger partial charge on any atom is -0.398 e. The Morgan fingerprint density at radius 2 is 1.94 bits per heavy atom. The van der Waals surface area contributed by atoms with Crippen molar-refractivity contribution in [2.75, 3.05) is 18.8 Å². The molecule has 1 heterocycles. The molecule has 98 valence electrons. The van der Waals surface area contributed by atoms with Crippen LogP contribution >= 0.6 is 0 Å². The molecule has 1 fully saturated rings. The van der Waals surface area contributed by atoms with Crippen molar-refractivity contribution in [2.24, 2.45) is 0 Å².